The van der Waals surface area contributed by atoms with Crippen molar-refractivity contribution in [3.63, 3.8) is 0 Å². The number of Topliss-reactive ketones (excluding diaryl/α,β-unsaturated/α-hetero) is 1. The summed E-state index contributed by atoms with van der Waals surface area (Å²) in [4.78, 5) is 16.4. The third-order valence-electron chi connectivity index (χ3n) is 2.32. The lowest BCUT2D eigenvalue weighted by Gasteiger charge is -2.03. The van der Waals surface area contributed by atoms with Gasteiger partial charge in [-0.1, -0.05) is 35.9 Å². The third kappa shape index (κ3) is 2.01. The fourth-order valence-corrected chi connectivity index (χ4v) is 2.79. The summed E-state index contributed by atoms with van der Waals surface area (Å²) in [7, 11) is 0. The number of thiazole rings is 1. The second-order valence-corrected chi connectivity index (χ2v) is 5.10. The van der Waals surface area contributed by atoms with Crippen LogP contribution in [0, 0.1) is 6.92 Å². The van der Waals surface area contributed by atoms with E-state index in [1.54, 1.807) is 0 Å². The highest BCUT2D eigenvalue weighted by Crippen LogP contribution is 2.34. The maximum Gasteiger partial charge on any atom is 0.184 e. The Balaban J connectivity index is 2.64. The molecule has 0 amide bonds. The number of aromatic nitrogens is 1. The second-order valence-electron chi connectivity index (χ2n) is 3.52. The highest BCUT2D eigenvalue weighted by atomic mass is 35.5. The predicted octanol–water partition coefficient (Wildman–Crippen LogP) is 3.97. The van der Waals surface area contributed by atoms with E-state index in [0.717, 1.165) is 16.0 Å². The number of ketones is 1. The minimum Gasteiger partial charge on any atom is -0.293 e. The normalized spacial score (nSPS) is 10.4. The molecule has 4 heteroatoms. The molecule has 1 aromatic heterocycles. The number of nitrogens with zero attached hydrogens (tertiary/aromatic N) is 1. The van der Waals surface area contributed by atoms with Crippen LogP contribution in [-0.4, -0.2) is 10.8 Å². The Morgan fingerprint density at radius 2 is 2.06 bits per heavy atom. The van der Waals surface area contributed by atoms with E-state index in [0.29, 0.717) is 10.2 Å². The molecule has 0 atom stereocenters. The molecular formula is C12H10ClNOS. The van der Waals surface area contributed by atoms with E-state index in [2.05, 4.69) is 4.98 Å². The summed E-state index contributed by atoms with van der Waals surface area (Å²) < 4.78 is 0.406. The zero-order valence-corrected chi connectivity index (χ0v) is 10.5. The Labute approximate surface area is 103 Å². The summed E-state index contributed by atoms with van der Waals surface area (Å²) >= 11 is 7.21. The van der Waals surface area contributed by atoms with Crippen molar-refractivity contribution in [3.8, 4) is 10.4 Å². The van der Waals surface area contributed by atoms with E-state index >= 15 is 0 Å². The van der Waals surface area contributed by atoms with Gasteiger partial charge in [0.2, 0.25) is 0 Å². The van der Waals surface area contributed by atoms with Gasteiger partial charge in [-0.25, -0.2) is 4.98 Å². The van der Waals surface area contributed by atoms with Crippen LogP contribution in [0.1, 0.15) is 23.0 Å². The van der Waals surface area contributed by atoms with Gasteiger partial charge in [0.15, 0.2) is 10.3 Å². The maximum atomic E-state index is 11.4. The molecule has 2 aromatic rings. The fourth-order valence-electron chi connectivity index (χ4n) is 1.54. The zero-order valence-electron chi connectivity index (χ0n) is 8.95. The molecule has 82 valence electrons. The van der Waals surface area contributed by atoms with E-state index < -0.39 is 0 Å². The minimum atomic E-state index is -0.0543. The first kappa shape index (κ1) is 11.3. The molecule has 0 saturated carbocycles. The monoisotopic (exact) mass is 251 g/mol. The van der Waals surface area contributed by atoms with Crippen molar-refractivity contribution in [1.82, 2.24) is 4.98 Å². The highest BCUT2D eigenvalue weighted by molar-refractivity contribution is 7.19. The van der Waals surface area contributed by atoms with Crippen LogP contribution in [0.15, 0.2) is 24.3 Å². The van der Waals surface area contributed by atoms with Crippen molar-refractivity contribution in [1.29, 1.82) is 0 Å². The molecule has 0 N–H and O–H groups in total. The first-order valence-electron chi connectivity index (χ1n) is 4.83. The topological polar surface area (TPSA) is 30.0 Å². The number of halogens is 1. The molecule has 1 aromatic carbocycles. The van der Waals surface area contributed by atoms with Crippen molar-refractivity contribution in [2.45, 2.75) is 13.8 Å². The lowest BCUT2D eigenvalue weighted by molar-refractivity contribution is 0.101. The summed E-state index contributed by atoms with van der Waals surface area (Å²) in [5.41, 5.74) is 2.60. The molecule has 2 nitrogen and oxygen atoms in total. The molecule has 0 fully saturated rings. The lowest BCUT2D eigenvalue weighted by atomic mass is 10.1. The van der Waals surface area contributed by atoms with E-state index in [9.17, 15) is 4.79 Å². The molecule has 0 bridgehead atoms. The highest BCUT2D eigenvalue weighted by Gasteiger charge is 2.16. The quantitative estimate of drug-likeness (QED) is 0.756. The van der Waals surface area contributed by atoms with Crippen molar-refractivity contribution in [3.05, 3.63) is 40.0 Å². The molecule has 16 heavy (non-hydrogen) atoms. The van der Waals surface area contributed by atoms with Gasteiger partial charge in [-0.05, 0) is 18.1 Å². The van der Waals surface area contributed by atoms with E-state index in [-0.39, 0.29) is 5.78 Å². The fraction of sp³-hybridized carbons (Fsp3) is 0.167. The van der Waals surface area contributed by atoms with Crippen molar-refractivity contribution >= 4 is 28.7 Å². The molecule has 2 rings (SSSR count). The Kier molecular flexibility index (Phi) is 3.08. The van der Waals surface area contributed by atoms with Crippen LogP contribution in [0.25, 0.3) is 10.4 Å². The molecule has 0 radical (unpaired) electrons. The summed E-state index contributed by atoms with van der Waals surface area (Å²) in [6, 6.07) is 7.90. The number of hydrogen-bond acceptors (Lipinski definition) is 3. The number of benzene rings is 1. The van der Waals surface area contributed by atoms with Crippen molar-refractivity contribution in [2.24, 2.45) is 0 Å². The molecule has 0 saturated heterocycles. The van der Waals surface area contributed by atoms with Crippen LogP contribution in [0.5, 0.6) is 0 Å². The summed E-state index contributed by atoms with van der Waals surface area (Å²) in [6.07, 6.45) is 0. The Morgan fingerprint density at radius 1 is 1.38 bits per heavy atom. The summed E-state index contributed by atoms with van der Waals surface area (Å²) in [5.74, 6) is -0.0543. The maximum absolute atomic E-state index is 11.4. The molecule has 0 aliphatic rings. The second kappa shape index (κ2) is 4.36. The van der Waals surface area contributed by atoms with Gasteiger partial charge < -0.3 is 0 Å². The number of rotatable bonds is 2. The van der Waals surface area contributed by atoms with Crippen LogP contribution in [0.4, 0.5) is 0 Å². The van der Waals surface area contributed by atoms with E-state index in [4.69, 9.17) is 11.6 Å². The first-order valence-corrected chi connectivity index (χ1v) is 6.02. The van der Waals surface area contributed by atoms with E-state index in [1.165, 1.54) is 18.3 Å². The minimum absolute atomic E-state index is 0.0543. The van der Waals surface area contributed by atoms with Crippen molar-refractivity contribution < 1.29 is 4.79 Å². The number of aryl methyl sites for hydroxylation is 1. The molecule has 0 spiro atoms. The smallest absolute Gasteiger partial charge is 0.184 e. The third-order valence-corrected chi connectivity index (χ3v) is 3.52. The van der Waals surface area contributed by atoms with Crippen molar-refractivity contribution in [2.75, 3.05) is 0 Å². The average Bonchev–Trinajstić information content (AvgIpc) is 2.61. The van der Waals surface area contributed by atoms with Crippen LogP contribution in [0.2, 0.25) is 4.47 Å². The SMILES string of the molecule is CC(=O)c1nc(Cl)sc1-c1ccccc1C. The van der Waals surface area contributed by atoms with Gasteiger partial charge >= 0.3 is 0 Å². The molecule has 1 heterocycles. The van der Waals surface area contributed by atoms with Crippen LogP contribution >= 0.6 is 22.9 Å². The first-order chi connectivity index (χ1) is 7.59. The Morgan fingerprint density at radius 3 is 2.69 bits per heavy atom. The van der Waals surface area contributed by atoms with Gasteiger partial charge in [0.1, 0.15) is 5.69 Å². The predicted molar refractivity (Wildman–Crippen MR) is 67.3 cm³/mol. The number of carbonyl (C=O) groups is 1. The summed E-state index contributed by atoms with van der Waals surface area (Å²) in [6.45, 7) is 3.51. The molecule has 0 aliphatic heterocycles. The van der Waals surface area contributed by atoms with E-state index in [1.807, 2.05) is 31.2 Å². The van der Waals surface area contributed by atoms with Gasteiger partial charge in [-0.2, -0.15) is 0 Å². The average molecular weight is 252 g/mol. The molecule has 0 aliphatic carbocycles. The zero-order chi connectivity index (χ0) is 11.7. The van der Waals surface area contributed by atoms with Crippen LogP contribution in [-0.2, 0) is 0 Å². The number of hydrogen-bond donors (Lipinski definition) is 0. The van der Waals surface area contributed by atoms with Gasteiger partial charge in [0, 0.05) is 6.92 Å². The van der Waals surface area contributed by atoms with Gasteiger partial charge in [0.05, 0.1) is 4.88 Å². The Bertz CT molecular complexity index is 548. The largest absolute Gasteiger partial charge is 0.293 e. The van der Waals surface area contributed by atoms with Gasteiger partial charge in [0.25, 0.3) is 0 Å². The standard InChI is InChI=1S/C12H10ClNOS/c1-7-5-3-4-6-9(7)11-10(8(2)15)14-12(13)16-11/h3-6H,1-2H3. The molecular weight excluding hydrogens is 242 g/mol. The van der Waals surface area contributed by atoms with Gasteiger partial charge in [-0.3, -0.25) is 4.79 Å². The van der Waals surface area contributed by atoms with Gasteiger partial charge in [-0.15, -0.1) is 11.3 Å². The number of carbonyl (C=O) groups excluding carboxylic acids is 1. The summed E-state index contributed by atoms with van der Waals surface area (Å²) in [5, 5.41) is 0. The lowest BCUT2D eigenvalue weighted by Crippen LogP contribution is -1.95. The van der Waals surface area contributed by atoms with Crippen LogP contribution in [0.3, 0.4) is 0 Å². The molecule has 0 unspecified atom stereocenters. The van der Waals surface area contributed by atoms with Crippen LogP contribution < -0.4 is 0 Å². The Hall–Kier alpha value is -1.19.